The quantitative estimate of drug-likeness (QED) is 0.570. The molecule has 0 radical (unpaired) electrons. The van der Waals surface area contributed by atoms with Gasteiger partial charge in [0.15, 0.2) is 0 Å². The molecule has 0 atom stereocenters. The van der Waals surface area contributed by atoms with E-state index in [9.17, 15) is 4.79 Å². The van der Waals surface area contributed by atoms with E-state index in [-0.39, 0.29) is 5.69 Å². The number of nitrogens with zero attached hydrogens (tertiary/aromatic N) is 2. The Morgan fingerprint density at radius 1 is 1.80 bits per heavy atom. The molecular weight excluding hydrogens is 128 g/mol. The Labute approximate surface area is 58.6 Å². The molecule has 0 aliphatic rings. The summed E-state index contributed by atoms with van der Waals surface area (Å²) in [5, 5.41) is 0. The zero-order valence-corrected chi connectivity index (χ0v) is 5.74. The number of aromatic nitrogens is 2. The van der Waals surface area contributed by atoms with Gasteiger partial charge in [-0.25, -0.2) is 9.78 Å². The van der Waals surface area contributed by atoms with Gasteiger partial charge < -0.3 is 0 Å². The van der Waals surface area contributed by atoms with Gasteiger partial charge in [0.25, 0.3) is 0 Å². The van der Waals surface area contributed by atoms with Crippen LogP contribution in [0.25, 0.3) is 5.70 Å². The summed E-state index contributed by atoms with van der Waals surface area (Å²) in [6, 6.07) is 1.69. The molecule has 52 valence electrons. The molecule has 0 saturated heterocycles. The van der Waals surface area contributed by atoms with E-state index < -0.39 is 0 Å². The molecule has 0 N–H and O–H groups in total. The van der Waals surface area contributed by atoms with Crippen molar-refractivity contribution in [1.29, 1.82) is 0 Å². The Hall–Kier alpha value is -1.38. The maximum atomic E-state index is 10.9. The highest BCUT2D eigenvalue weighted by Gasteiger charge is 1.91. The summed E-state index contributed by atoms with van der Waals surface area (Å²) >= 11 is 0. The van der Waals surface area contributed by atoms with Crippen LogP contribution in [-0.4, -0.2) is 9.55 Å². The van der Waals surface area contributed by atoms with Crippen LogP contribution >= 0.6 is 0 Å². The Morgan fingerprint density at radius 3 is 2.90 bits per heavy atom. The van der Waals surface area contributed by atoms with E-state index in [1.165, 1.54) is 10.8 Å². The van der Waals surface area contributed by atoms with Gasteiger partial charge in [-0.1, -0.05) is 6.58 Å². The summed E-state index contributed by atoms with van der Waals surface area (Å²) in [4.78, 5) is 14.4. The van der Waals surface area contributed by atoms with E-state index in [1.807, 2.05) is 0 Å². The highest BCUT2D eigenvalue weighted by molar-refractivity contribution is 5.36. The highest BCUT2D eigenvalue weighted by Crippen LogP contribution is 1.90. The predicted molar refractivity (Wildman–Crippen MR) is 39.5 cm³/mol. The maximum absolute atomic E-state index is 10.9. The summed E-state index contributed by atoms with van der Waals surface area (Å²) in [5.41, 5.74) is 0.396. The van der Waals surface area contributed by atoms with Gasteiger partial charge in [0.05, 0.1) is 0 Å². The first kappa shape index (κ1) is 6.74. The van der Waals surface area contributed by atoms with Crippen molar-refractivity contribution in [3.8, 4) is 0 Å². The van der Waals surface area contributed by atoms with Crippen LogP contribution in [0.4, 0.5) is 0 Å². The molecule has 0 bridgehead atoms. The fourth-order valence-corrected chi connectivity index (χ4v) is 0.648. The first-order valence-corrected chi connectivity index (χ1v) is 2.91. The molecule has 0 amide bonds. The molecule has 0 aromatic carbocycles. The van der Waals surface area contributed by atoms with Crippen LogP contribution in [0.2, 0.25) is 0 Å². The normalized spacial score (nSPS) is 9.30. The molecule has 1 aromatic rings. The standard InChI is InChI=1S/C7H8N2O/c1-6(2)9-5-3-4-8-7(9)10/h3-5H,1H2,2H3. The molecule has 0 aliphatic heterocycles. The lowest BCUT2D eigenvalue weighted by Crippen LogP contribution is -2.19. The van der Waals surface area contributed by atoms with Crippen LogP contribution in [0, 0.1) is 0 Å². The van der Waals surface area contributed by atoms with Crippen LogP contribution in [0.3, 0.4) is 0 Å². The predicted octanol–water partition coefficient (Wildman–Crippen LogP) is 0.734. The first-order chi connectivity index (χ1) is 4.72. The van der Waals surface area contributed by atoms with Crippen LogP contribution in [0.15, 0.2) is 29.8 Å². The third kappa shape index (κ3) is 1.13. The number of hydrogen-bond acceptors (Lipinski definition) is 2. The van der Waals surface area contributed by atoms with Crippen molar-refractivity contribution in [2.24, 2.45) is 0 Å². The van der Waals surface area contributed by atoms with Crippen molar-refractivity contribution < 1.29 is 0 Å². The monoisotopic (exact) mass is 136 g/mol. The lowest BCUT2D eigenvalue weighted by Gasteiger charge is -1.99. The molecule has 0 saturated carbocycles. The van der Waals surface area contributed by atoms with Gasteiger partial charge in [0.2, 0.25) is 0 Å². The van der Waals surface area contributed by atoms with Crippen molar-refractivity contribution in [2.45, 2.75) is 6.92 Å². The van der Waals surface area contributed by atoms with Gasteiger partial charge in [0.1, 0.15) is 0 Å². The van der Waals surface area contributed by atoms with Crippen LogP contribution < -0.4 is 5.69 Å². The van der Waals surface area contributed by atoms with Crippen LogP contribution in [0.5, 0.6) is 0 Å². The maximum Gasteiger partial charge on any atom is 0.351 e. The second-order valence-corrected chi connectivity index (χ2v) is 2.01. The molecule has 0 aliphatic carbocycles. The van der Waals surface area contributed by atoms with Gasteiger partial charge in [0, 0.05) is 18.1 Å². The molecule has 10 heavy (non-hydrogen) atoms. The third-order valence-corrected chi connectivity index (χ3v) is 1.12. The van der Waals surface area contributed by atoms with E-state index >= 15 is 0 Å². The third-order valence-electron chi connectivity index (χ3n) is 1.12. The Kier molecular flexibility index (Phi) is 1.67. The minimum Gasteiger partial charge on any atom is -0.273 e. The molecule has 3 heteroatoms. The average molecular weight is 136 g/mol. The number of rotatable bonds is 1. The molecule has 0 fully saturated rings. The Bertz CT molecular complexity index is 300. The number of allylic oxidation sites excluding steroid dienone is 1. The van der Waals surface area contributed by atoms with Crippen molar-refractivity contribution in [1.82, 2.24) is 9.55 Å². The van der Waals surface area contributed by atoms with E-state index in [4.69, 9.17) is 0 Å². The van der Waals surface area contributed by atoms with Crippen molar-refractivity contribution in [2.75, 3.05) is 0 Å². The Morgan fingerprint density at radius 2 is 2.50 bits per heavy atom. The summed E-state index contributed by atoms with van der Waals surface area (Å²) in [5.74, 6) is 0. The average Bonchev–Trinajstić information content (AvgIpc) is 1.88. The Balaban J connectivity index is 3.29. The van der Waals surface area contributed by atoms with Crippen molar-refractivity contribution in [3.05, 3.63) is 35.5 Å². The van der Waals surface area contributed by atoms with Crippen molar-refractivity contribution >= 4 is 5.70 Å². The van der Waals surface area contributed by atoms with Gasteiger partial charge in [-0.15, -0.1) is 0 Å². The lowest BCUT2D eigenvalue weighted by atomic mass is 10.5. The summed E-state index contributed by atoms with van der Waals surface area (Å²) in [7, 11) is 0. The van der Waals surface area contributed by atoms with Gasteiger partial charge in [-0.05, 0) is 13.0 Å². The summed E-state index contributed by atoms with van der Waals surface area (Å²) in [6.07, 6.45) is 3.10. The van der Waals surface area contributed by atoms with Gasteiger partial charge >= 0.3 is 5.69 Å². The summed E-state index contributed by atoms with van der Waals surface area (Å²) < 4.78 is 1.39. The van der Waals surface area contributed by atoms with E-state index in [1.54, 1.807) is 19.2 Å². The largest absolute Gasteiger partial charge is 0.351 e. The lowest BCUT2D eigenvalue weighted by molar-refractivity contribution is 0.929. The van der Waals surface area contributed by atoms with Crippen LogP contribution in [0.1, 0.15) is 6.92 Å². The SMILES string of the molecule is C=C(C)n1cccnc1=O. The molecule has 0 spiro atoms. The van der Waals surface area contributed by atoms with Gasteiger partial charge in [-0.2, -0.15) is 0 Å². The van der Waals surface area contributed by atoms with E-state index in [0.717, 1.165) is 0 Å². The fourth-order valence-electron chi connectivity index (χ4n) is 0.648. The zero-order chi connectivity index (χ0) is 7.56. The molecule has 1 aromatic heterocycles. The molecule has 1 heterocycles. The second-order valence-electron chi connectivity index (χ2n) is 2.01. The molecule has 1 rings (SSSR count). The zero-order valence-electron chi connectivity index (χ0n) is 5.74. The second kappa shape index (κ2) is 2.47. The molecule has 0 unspecified atom stereocenters. The minimum absolute atomic E-state index is 0.282. The van der Waals surface area contributed by atoms with Crippen LogP contribution in [-0.2, 0) is 0 Å². The first-order valence-electron chi connectivity index (χ1n) is 2.91. The number of hydrogen-bond donors (Lipinski definition) is 0. The minimum atomic E-state index is -0.282. The smallest absolute Gasteiger partial charge is 0.273 e. The molecular formula is C7H8N2O. The van der Waals surface area contributed by atoms with Crippen molar-refractivity contribution in [3.63, 3.8) is 0 Å². The van der Waals surface area contributed by atoms with Gasteiger partial charge in [-0.3, -0.25) is 4.57 Å². The fraction of sp³-hybridized carbons (Fsp3) is 0.143. The highest BCUT2D eigenvalue weighted by atomic mass is 16.1. The molecule has 3 nitrogen and oxygen atoms in total. The summed E-state index contributed by atoms with van der Waals surface area (Å²) in [6.45, 7) is 5.36. The van der Waals surface area contributed by atoms with E-state index in [0.29, 0.717) is 5.70 Å². The topological polar surface area (TPSA) is 34.9 Å². The van der Waals surface area contributed by atoms with E-state index in [2.05, 4.69) is 11.6 Å².